The third-order valence-corrected chi connectivity index (χ3v) is 1.29. The minimum absolute atomic E-state index is 0. The van der Waals surface area contributed by atoms with Gasteiger partial charge in [-0.05, 0) is 19.4 Å². The van der Waals surface area contributed by atoms with Gasteiger partial charge in [-0.3, -0.25) is 9.59 Å². The van der Waals surface area contributed by atoms with Crippen molar-refractivity contribution in [3.05, 3.63) is 0 Å². The molecule has 0 aromatic carbocycles. The molecule has 0 saturated carbocycles. The quantitative estimate of drug-likeness (QED) is 0.290. The first kappa shape index (κ1) is 19.0. The molecule has 89 valence electrons. The SMILES string of the molecule is NCCCC[C@H](N)C(=O)O.O=CO.[Cu]. The van der Waals surface area contributed by atoms with Gasteiger partial charge in [-0.25, -0.2) is 0 Å². The van der Waals surface area contributed by atoms with Crippen molar-refractivity contribution in [3.63, 3.8) is 0 Å². The van der Waals surface area contributed by atoms with Crippen LogP contribution >= 0.6 is 0 Å². The summed E-state index contributed by atoms with van der Waals surface area (Å²) in [5.41, 5.74) is 10.4. The first-order valence-corrected chi connectivity index (χ1v) is 3.86. The van der Waals surface area contributed by atoms with Gasteiger partial charge in [-0.2, -0.15) is 0 Å². The molecule has 0 aromatic rings. The first-order valence-electron chi connectivity index (χ1n) is 3.86. The van der Waals surface area contributed by atoms with E-state index in [1.54, 1.807) is 0 Å². The zero-order chi connectivity index (χ0) is 10.7. The fourth-order valence-corrected chi connectivity index (χ4v) is 0.632. The molecule has 0 amide bonds. The smallest absolute Gasteiger partial charge is 0.320 e. The van der Waals surface area contributed by atoms with E-state index in [4.69, 9.17) is 26.5 Å². The van der Waals surface area contributed by atoms with Gasteiger partial charge in [0.05, 0.1) is 0 Å². The molecule has 0 aliphatic heterocycles. The molecule has 0 heterocycles. The van der Waals surface area contributed by atoms with Crippen LogP contribution in [0.25, 0.3) is 0 Å². The topological polar surface area (TPSA) is 127 Å². The van der Waals surface area contributed by atoms with Crippen molar-refractivity contribution in [1.82, 2.24) is 0 Å². The second kappa shape index (κ2) is 14.9. The second-order valence-corrected chi connectivity index (χ2v) is 2.33. The van der Waals surface area contributed by atoms with E-state index in [-0.39, 0.29) is 23.5 Å². The van der Waals surface area contributed by atoms with Crippen molar-refractivity contribution in [3.8, 4) is 0 Å². The third kappa shape index (κ3) is 17.5. The summed E-state index contributed by atoms with van der Waals surface area (Å²) in [4.78, 5) is 18.5. The van der Waals surface area contributed by atoms with E-state index in [9.17, 15) is 4.79 Å². The molecule has 0 saturated heterocycles. The van der Waals surface area contributed by atoms with Crippen LogP contribution < -0.4 is 11.5 Å². The molecule has 0 aliphatic carbocycles. The molecule has 0 unspecified atom stereocenters. The number of rotatable bonds is 5. The molecule has 0 aliphatic rings. The van der Waals surface area contributed by atoms with Crippen molar-refractivity contribution < 1.29 is 36.9 Å². The Labute approximate surface area is 93.1 Å². The molecule has 1 atom stereocenters. The Hall–Kier alpha value is -0.621. The van der Waals surface area contributed by atoms with Crippen molar-refractivity contribution in [2.75, 3.05) is 6.54 Å². The predicted molar refractivity (Wildman–Crippen MR) is 47.2 cm³/mol. The fraction of sp³-hybridized carbons (Fsp3) is 0.714. The number of unbranched alkanes of at least 4 members (excludes halogenated alkanes) is 1. The minimum atomic E-state index is -0.933. The summed E-state index contributed by atoms with van der Waals surface area (Å²) in [5.74, 6) is -0.933. The summed E-state index contributed by atoms with van der Waals surface area (Å²) in [6, 6.07) is -0.716. The Morgan fingerprint density at radius 3 is 2.14 bits per heavy atom. The van der Waals surface area contributed by atoms with E-state index >= 15 is 0 Å². The van der Waals surface area contributed by atoms with E-state index < -0.39 is 12.0 Å². The summed E-state index contributed by atoms with van der Waals surface area (Å²) in [5, 5.41) is 15.2. The predicted octanol–water partition coefficient (Wildman–Crippen LogP) is -0.774. The van der Waals surface area contributed by atoms with Gasteiger partial charge in [-0.15, -0.1) is 0 Å². The summed E-state index contributed by atoms with van der Waals surface area (Å²) >= 11 is 0. The molecule has 0 aromatic heterocycles. The van der Waals surface area contributed by atoms with Crippen LogP contribution in [0, 0.1) is 0 Å². The Morgan fingerprint density at radius 1 is 1.43 bits per heavy atom. The van der Waals surface area contributed by atoms with Gasteiger partial charge in [0.25, 0.3) is 6.47 Å². The fourth-order valence-electron chi connectivity index (χ4n) is 0.632. The zero-order valence-electron chi connectivity index (χ0n) is 7.65. The molecule has 6 nitrogen and oxygen atoms in total. The van der Waals surface area contributed by atoms with Crippen LogP contribution in [0.15, 0.2) is 0 Å². The van der Waals surface area contributed by atoms with Crippen LogP contribution in [-0.2, 0) is 26.7 Å². The van der Waals surface area contributed by atoms with Crippen LogP contribution in [0.1, 0.15) is 19.3 Å². The number of hydrogen-bond acceptors (Lipinski definition) is 4. The van der Waals surface area contributed by atoms with Gasteiger partial charge in [-0.1, -0.05) is 6.42 Å². The second-order valence-electron chi connectivity index (χ2n) is 2.33. The molecular weight excluding hydrogens is 240 g/mol. The van der Waals surface area contributed by atoms with Gasteiger partial charge >= 0.3 is 5.97 Å². The Morgan fingerprint density at radius 2 is 1.86 bits per heavy atom. The molecule has 0 rings (SSSR count). The van der Waals surface area contributed by atoms with E-state index in [2.05, 4.69) is 0 Å². The standard InChI is InChI=1S/C6H14N2O2.CH2O2.Cu/c7-4-2-1-3-5(8)6(9)10;2-1-3;/h5H,1-4,7-8H2,(H,9,10);1H,(H,2,3);/t5-;;/m0../s1. The summed E-state index contributed by atoms with van der Waals surface area (Å²) in [6.45, 7) is 0.354. The van der Waals surface area contributed by atoms with Gasteiger partial charge in [0, 0.05) is 17.1 Å². The Balaban J connectivity index is -0.000000267. The molecule has 6 N–H and O–H groups in total. The average Bonchev–Trinajstić information content (AvgIpc) is 2.06. The molecule has 14 heavy (non-hydrogen) atoms. The first-order chi connectivity index (χ1) is 6.09. The number of nitrogens with two attached hydrogens (primary N) is 2. The average molecular weight is 256 g/mol. The van der Waals surface area contributed by atoms with Crippen molar-refractivity contribution in [2.24, 2.45) is 11.5 Å². The largest absolute Gasteiger partial charge is 0.483 e. The maximum atomic E-state index is 10.1. The number of aliphatic carboxylic acids is 1. The molecule has 1 radical (unpaired) electrons. The molecular formula is C7H16CuN2O4. The molecule has 0 fully saturated rings. The van der Waals surface area contributed by atoms with Crippen LogP contribution in [0.3, 0.4) is 0 Å². The normalized spacial score (nSPS) is 10.1. The van der Waals surface area contributed by atoms with Gasteiger partial charge < -0.3 is 21.7 Å². The zero-order valence-corrected chi connectivity index (χ0v) is 8.59. The van der Waals surface area contributed by atoms with E-state index in [1.807, 2.05) is 0 Å². The number of carboxylic acid groups (broad SMARTS) is 2. The number of carboxylic acids is 1. The Kier molecular flexibility index (Phi) is 20.2. The summed E-state index contributed by atoms with van der Waals surface area (Å²) in [7, 11) is 0. The maximum absolute atomic E-state index is 10.1. The van der Waals surface area contributed by atoms with Crippen LogP contribution in [0.4, 0.5) is 0 Å². The number of hydrogen-bond donors (Lipinski definition) is 4. The van der Waals surface area contributed by atoms with Gasteiger partial charge in [0.1, 0.15) is 6.04 Å². The van der Waals surface area contributed by atoms with E-state index in [0.29, 0.717) is 13.0 Å². The van der Waals surface area contributed by atoms with E-state index in [1.165, 1.54) is 0 Å². The summed E-state index contributed by atoms with van der Waals surface area (Å²) in [6.07, 6.45) is 2.16. The van der Waals surface area contributed by atoms with Crippen molar-refractivity contribution in [2.45, 2.75) is 25.3 Å². The Bertz CT molecular complexity index is 146. The molecule has 0 spiro atoms. The molecule has 7 heteroatoms. The van der Waals surface area contributed by atoms with Gasteiger partial charge in [0.2, 0.25) is 0 Å². The third-order valence-electron chi connectivity index (χ3n) is 1.29. The van der Waals surface area contributed by atoms with Crippen LogP contribution in [-0.4, -0.2) is 35.2 Å². The monoisotopic (exact) mass is 255 g/mol. The van der Waals surface area contributed by atoms with Crippen molar-refractivity contribution >= 4 is 12.4 Å². The van der Waals surface area contributed by atoms with Crippen LogP contribution in [0.5, 0.6) is 0 Å². The van der Waals surface area contributed by atoms with Crippen molar-refractivity contribution in [1.29, 1.82) is 0 Å². The van der Waals surface area contributed by atoms with E-state index in [0.717, 1.165) is 12.8 Å². The number of carbonyl (C=O) groups is 2. The van der Waals surface area contributed by atoms with Crippen LogP contribution in [0.2, 0.25) is 0 Å². The minimum Gasteiger partial charge on any atom is -0.483 e. The summed E-state index contributed by atoms with van der Waals surface area (Å²) < 4.78 is 0. The van der Waals surface area contributed by atoms with Gasteiger partial charge in [0.15, 0.2) is 0 Å². The molecule has 0 bridgehead atoms. The maximum Gasteiger partial charge on any atom is 0.320 e.